The fourth-order valence-electron chi connectivity index (χ4n) is 4.56. The van der Waals surface area contributed by atoms with Gasteiger partial charge in [-0.25, -0.2) is 0 Å². The summed E-state index contributed by atoms with van der Waals surface area (Å²) in [5.41, 5.74) is -2.54. The van der Waals surface area contributed by atoms with Gasteiger partial charge >= 0.3 is 6.18 Å². The molecule has 0 aromatic heterocycles. The molecule has 4 rings (SSSR count). The largest absolute Gasteiger partial charge is 0.417 e. The van der Waals surface area contributed by atoms with Crippen molar-refractivity contribution < 1.29 is 32.8 Å². The fourth-order valence-corrected chi connectivity index (χ4v) is 4.78. The van der Waals surface area contributed by atoms with Crippen LogP contribution in [0.4, 0.5) is 30.2 Å². The van der Waals surface area contributed by atoms with Crippen LogP contribution in [-0.4, -0.2) is 34.9 Å². The second kappa shape index (κ2) is 8.80. The molecule has 2 aliphatic rings. The molecule has 0 saturated carbocycles. The molecule has 0 unspecified atom stereocenters. The number of hydrogen-bond acceptors (Lipinski definition) is 6. The highest BCUT2D eigenvalue weighted by atomic mass is 35.5. The minimum atomic E-state index is -4.68. The number of benzene rings is 2. The molecule has 2 aromatic carbocycles. The van der Waals surface area contributed by atoms with E-state index in [4.69, 9.17) is 11.6 Å². The molecule has 0 radical (unpaired) electrons. The van der Waals surface area contributed by atoms with E-state index in [-0.39, 0.29) is 55.0 Å². The van der Waals surface area contributed by atoms with Crippen LogP contribution < -0.4 is 9.80 Å². The van der Waals surface area contributed by atoms with E-state index in [2.05, 4.69) is 0 Å². The summed E-state index contributed by atoms with van der Waals surface area (Å²) in [4.78, 5) is 38.3. The summed E-state index contributed by atoms with van der Waals surface area (Å²) in [7, 11) is 0. The number of carbonyl (C=O) groups excluding carboxylic acids is 2. The predicted molar refractivity (Wildman–Crippen MR) is 121 cm³/mol. The maximum absolute atomic E-state index is 13.3. The third kappa shape index (κ3) is 4.57. The minimum Gasteiger partial charge on any atom is -0.385 e. The van der Waals surface area contributed by atoms with Crippen molar-refractivity contribution in [1.82, 2.24) is 0 Å². The normalized spacial score (nSPS) is 20.5. The number of halogens is 4. The molecular formula is C23H21ClF3N3O5. The quantitative estimate of drug-likeness (QED) is 0.364. The molecule has 186 valence electrons. The van der Waals surface area contributed by atoms with E-state index in [0.29, 0.717) is 0 Å². The van der Waals surface area contributed by atoms with E-state index in [1.54, 1.807) is 11.8 Å². The van der Waals surface area contributed by atoms with Crippen LogP contribution in [0.2, 0.25) is 5.02 Å². The molecular weight excluding hydrogens is 491 g/mol. The highest BCUT2D eigenvalue weighted by molar-refractivity contribution is 6.31. The van der Waals surface area contributed by atoms with Gasteiger partial charge in [-0.3, -0.25) is 24.6 Å². The summed E-state index contributed by atoms with van der Waals surface area (Å²) in [6.07, 6.45) is -4.61. The topological polar surface area (TPSA) is 104 Å². The number of nitrogens with zero attached hydrogens (tertiary/aromatic N) is 3. The lowest BCUT2D eigenvalue weighted by atomic mass is 9.83. The Kier molecular flexibility index (Phi) is 6.26. The number of nitro groups is 1. The number of nitro benzene ring substituents is 1. The van der Waals surface area contributed by atoms with Gasteiger partial charge in [0.05, 0.1) is 26.8 Å². The summed E-state index contributed by atoms with van der Waals surface area (Å²) < 4.78 is 39.8. The SMILES string of the molecule is C[C@H]1CC(=O)N(c2ccc(N3CCC(O)(c4ccc(Cl)c(C(F)(F)F)c4)CC3)c([N+](=O)[O-])c2)C1=O. The molecule has 0 spiro atoms. The Bertz CT molecular complexity index is 1210. The molecule has 35 heavy (non-hydrogen) atoms. The van der Waals surface area contributed by atoms with Gasteiger partial charge in [-0.05, 0) is 42.7 Å². The molecule has 2 saturated heterocycles. The smallest absolute Gasteiger partial charge is 0.385 e. The Labute approximate surface area is 203 Å². The van der Waals surface area contributed by atoms with Crippen LogP contribution in [0.3, 0.4) is 0 Å². The van der Waals surface area contributed by atoms with Gasteiger partial charge in [0, 0.05) is 31.5 Å². The predicted octanol–water partition coefficient (Wildman–Crippen LogP) is 4.65. The molecule has 1 atom stereocenters. The molecule has 2 heterocycles. The van der Waals surface area contributed by atoms with E-state index < -0.39 is 45.0 Å². The number of hydrogen-bond donors (Lipinski definition) is 1. The standard InChI is InChI=1S/C23H21ClF3N3O5/c1-13-10-20(31)29(21(13)32)15-3-5-18(19(12-15)30(34)35)28-8-6-22(33,7-9-28)14-2-4-17(24)16(11-14)23(25,26)27/h2-5,11-13,33H,6-10H2,1H3/t13-/m0/s1. The highest BCUT2D eigenvalue weighted by Crippen LogP contribution is 2.42. The van der Waals surface area contributed by atoms with Gasteiger partial charge < -0.3 is 10.0 Å². The Hall–Kier alpha value is -3.18. The molecule has 12 heteroatoms. The first-order chi connectivity index (χ1) is 16.3. The number of rotatable bonds is 4. The van der Waals surface area contributed by atoms with Crippen LogP contribution >= 0.6 is 11.6 Å². The molecule has 0 aliphatic carbocycles. The van der Waals surface area contributed by atoms with Gasteiger partial charge in [0.1, 0.15) is 5.69 Å². The third-order valence-electron chi connectivity index (χ3n) is 6.53. The first kappa shape index (κ1) is 24.9. The Morgan fingerprint density at radius 2 is 1.80 bits per heavy atom. The molecule has 2 aromatic rings. The average molecular weight is 512 g/mol. The Morgan fingerprint density at radius 1 is 1.14 bits per heavy atom. The van der Waals surface area contributed by atoms with Gasteiger partial charge in [-0.2, -0.15) is 13.2 Å². The Morgan fingerprint density at radius 3 is 2.34 bits per heavy atom. The zero-order chi connectivity index (χ0) is 25.7. The lowest BCUT2D eigenvalue weighted by Gasteiger charge is -2.39. The summed E-state index contributed by atoms with van der Waals surface area (Å²) >= 11 is 5.68. The zero-order valence-corrected chi connectivity index (χ0v) is 19.3. The number of aliphatic hydroxyl groups is 1. The number of piperidine rings is 1. The van der Waals surface area contributed by atoms with Crippen molar-refractivity contribution in [3.05, 3.63) is 62.7 Å². The second-order valence-electron chi connectivity index (χ2n) is 8.81. The van der Waals surface area contributed by atoms with Crippen molar-refractivity contribution in [2.75, 3.05) is 22.9 Å². The molecule has 2 amide bonds. The van der Waals surface area contributed by atoms with Crippen molar-refractivity contribution in [3.8, 4) is 0 Å². The number of anilines is 2. The highest BCUT2D eigenvalue weighted by Gasteiger charge is 2.40. The fraction of sp³-hybridized carbons (Fsp3) is 0.391. The van der Waals surface area contributed by atoms with Crippen molar-refractivity contribution in [1.29, 1.82) is 0 Å². The third-order valence-corrected chi connectivity index (χ3v) is 6.86. The number of amides is 2. The van der Waals surface area contributed by atoms with E-state index in [9.17, 15) is 38.0 Å². The Balaban J connectivity index is 1.58. The van der Waals surface area contributed by atoms with E-state index >= 15 is 0 Å². The lowest BCUT2D eigenvalue weighted by molar-refractivity contribution is -0.384. The number of imide groups is 1. The van der Waals surface area contributed by atoms with Crippen LogP contribution in [-0.2, 0) is 21.4 Å². The van der Waals surface area contributed by atoms with E-state index in [1.165, 1.54) is 24.3 Å². The van der Waals surface area contributed by atoms with Crippen molar-refractivity contribution in [3.63, 3.8) is 0 Å². The monoisotopic (exact) mass is 511 g/mol. The van der Waals surface area contributed by atoms with E-state index in [1.807, 2.05) is 0 Å². The van der Waals surface area contributed by atoms with Crippen molar-refractivity contribution >= 4 is 40.5 Å². The van der Waals surface area contributed by atoms with Crippen molar-refractivity contribution in [2.24, 2.45) is 5.92 Å². The van der Waals surface area contributed by atoms with Crippen LogP contribution in [0.25, 0.3) is 0 Å². The second-order valence-corrected chi connectivity index (χ2v) is 9.22. The van der Waals surface area contributed by atoms with Gasteiger partial charge in [0.15, 0.2) is 0 Å². The van der Waals surface area contributed by atoms with Gasteiger partial charge in [-0.15, -0.1) is 0 Å². The number of alkyl halides is 3. The van der Waals surface area contributed by atoms with Crippen molar-refractivity contribution in [2.45, 2.75) is 38.0 Å². The lowest BCUT2D eigenvalue weighted by Crippen LogP contribution is -2.43. The van der Waals surface area contributed by atoms with Gasteiger partial charge in [0.25, 0.3) is 5.69 Å². The molecule has 2 fully saturated rings. The van der Waals surface area contributed by atoms with Crippen LogP contribution in [0, 0.1) is 16.0 Å². The van der Waals surface area contributed by atoms with E-state index in [0.717, 1.165) is 17.0 Å². The molecule has 8 nitrogen and oxygen atoms in total. The zero-order valence-electron chi connectivity index (χ0n) is 18.5. The first-order valence-corrected chi connectivity index (χ1v) is 11.2. The molecule has 1 N–H and O–H groups in total. The maximum Gasteiger partial charge on any atom is 0.417 e. The molecule has 0 bridgehead atoms. The maximum atomic E-state index is 13.3. The average Bonchev–Trinajstić information content (AvgIpc) is 3.04. The summed E-state index contributed by atoms with van der Waals surface area (Å²) in [6, 6.07) is 7.32. The van der Waals surface area contributed by atoms with Gasteiger partial charge in [0.2, 0.25) is 11.8 Å². The minimum absolute atomic E-state index is 0.0193. The van der Waals surface area contributed by atoms with Crippen LogP contribution in [0.1, 0.15) is 37.3 Å². The summed E-state index contributed by atoms with van der Waals surface area (Å²) in [5.74, 6) is -1.37. The summed E-state index contributed by atoms with van der Waals surface area (Å²) in [6.45, 7) is 1.86. The van der Waals surface area contributed by atoms with Crippen LogP contribution in [0.5, 0.6) is 0 Å². The van der Waals surface area contributed by atoms with Crippen LogP contribution in [0.15, 0.2) is 36.4 Å². The number of carbonyl (C=O) groups is 2. The van der Waals surface area contributed by atoms with Gasteiger partial charge in [-0.1, -0.05) is 24.6 Å². The first-order valence-electron chi connectivity index (χ1n) is 10.8. The molecule has 2 aliphatic heterocycles. The summed E-state index contributed by atoms with van der Waals surface area (Å²) in [5, 5.41) is 22.4.